The van der Waals surface area contributed by atoms with E-state index in [1.807, 2.05) is 0 Å². The Morgan fingerprint density at radius 1 is 1.19 bits per heavy atom. The minimum atomic E-state index is 0.629. The maximum absolute atomic E-state index is 3.44. The third kappa shape index (κ3) is 4.06. The number of nitrogens with zero attached hydrogens (tertiary/aromatic N) is 1. The summed E-state index contributed by atoms with van der Waals surface area (Å²) in [5.74, 6) is 1.67. The Morgan fingerprint density at radius 3 is 2.19 bits per heavy atom. The molecule has 1 aliphatic rings. The molecule has 16 heavy (non-hydrogen) atoms. The first-order chi connectivity index (χ1) is 7.54. The molecule has 0 bridgehead atoms. The SMILES string of the molecule is CNC(CN(C)C1CCC(C)CC1)C(C)C. The molecule has 0 aromatic carbocycles. The summed E-state index contributed by atoms with van der Waals surface area (Å²) in [6.45, 7) is 8.18. The highest BCUT2D eigenvalue weighted by Gasteiger charge is 2.23. The first-order valence-electron chi connectivity index (χ1n) is 6.92. The van der Waals surface area contributed by atoms with Gasteiger partial charge in [0.25, 0.3) is 0 Å². The fraction of sp³-hybridized carbons (Fsp3) is 1.00. The Kier molecular flexibility index (Phi) is 5.77. The van der Waals surface area contributed by atoms with Crippen LogP contribution >= 0.6 is 0 Å². The topological polar surface area (TPSA) is 15.3 Å². The molecule has 1 aliphatic carbocycles. The fourth-order valence-electron chi connectivity index (χ4n) is 2.78. The Labute approximate surface area is 102 Å². The van der Waals surface area contributed by atoms with Gasteiger partial charge in [-0.05, 0) is 51.6 Å². The molecule has 0 heterocycles. The largest absolute Gasteiger partial charge is 0.315 e. The maximum atomic E-state index is 3.44. The molecular formula is C14H30N2. The molecule has 2 heteroatoms. The molecule has 1 fully saturated rings. The summed E-state index contributed by atoms with van der Waals surface area (Å²) in [7, 11) is 4.38. The van der Waals surface area contributed by atoms with Gasteiger partial charge in [0.1, 0.15) is 0 Å². The van der Waals surface area contributed by atoms with Crippen LogP contribution in [0.3, 0.4) is 0 Å². The lowest BCUT2D eigenvalue weighted by molar-refractivity contribution is 0.148. The zero-order valence-electron chi connectivity index (χ0n) is 11.8. The zero-order valence-corrected chi connectivity index (χ0v) is 11.8. The standard InChI is InChI=1S/C14H30N2/c1-11(2)14(15-4)10-16(5)13-8-6-12(3)7-9-13/h11-15H,6-10H2,1-5H3. The first-order valence-corrected chi connectivity index (χ1v) is 6.92. The Bertz CT molecular complexity index is 183. The average molecular weight is 226 g/mol. The van der Waals surface area contributed by atoms with Gasteiger partial charge in [0.2, 0.25) is 0 Å². The van der Waals surface area contributed by atoms with Crippen molar-refractivity contribution in [3.05, 3.63) is 0 Å². The van der Waals surface area contributed by atoms with Crippen molar-refractivity contribution in [2.45, 2.75) is 58.5 Å². The number of likely N-dealkylation sites (N-methyl/N-ethyl adjacent to an activating group) is 2. The third-order valence-corrected chi connectivity index (χ3v) is 4.27. The molecule has 1 rings (SSSR count). The van der Waals surface area contributed by atoms with Crippen molar-refractivity contribution in [2.24, 2.45) is 11.8 Å². The first kappa shape index (κ1) is 14.0. The highest BCUT2D eigenvalue weighted by molar-refractivity contribution is 4.80. The Morgan fingerprint density at radius 2 is 1.75 bits per heavy atom. The van der Waals surface area contributed by atoms with Crippen LogP contribution in [0.2, 0.25) is 0 Å². The van der Waals surface area contributed by atoms with Crippen molar-refractivity contribution in [3.8, 4) is 0 Å². The van der Waals surface area contributed by atoms with Gasteiger partial charge >= 0.3 is 0 Å². The summed E-state index contributed by atoms with van der Waals surface area (Å²) in [4.78, 5) is 2.58. The average Bonchev–Trinajstić information content (AvgIpc) is 2.26. The highest BCUT2D eigenvalue weighted by Crippen LogP contribution is 2.26. The van der Waals surface area contributed by atoms with Crippen molar-refractivity contribution in [3.63, 3.8) is 0 Å². The molecule has 1 unspecified atom stereocenters. The van der Waals surface area contributed by atoms with E-state index in [-0.39, 0.29) is 0 Å². The smallest absolute Gasteiger partial charge is 0.0214 e. The van der Waals surface area contributed by atoms with Crippen LogP contribution in [0.15, 0.2) is 0 Å². The molecule has 1 N–H and O–H groups in total. The number of nitrogens with one attached hydrogen (secondary N) is 1. The Balaban J connectivity index is 2.36. The molecule has 0 saturated heterocycles. The van der Waals surface area contributed by atoms with Gasteiger partial charge in [0.15, 0.2) is 0 Å². The normalized spacial score (nSPS) is 28.7. The van der Waals surface area contributed by atoms with E-state index in [0.717, 1.165) is 17.9 Å². The van der Waals surface area contributed by atoms with Gasteiger partial charge in [-0.15, -0.1) is 0 Å². The molecule has 1 saturated carbocycles. The lowest BCUT2D eigenvalue weighted by Gasteiger charge is -2.36. The molecule has 0 aromatic heterocycles. The summed E-state index contributed by atoms with van der Waals surface area (Å²) >= 11 is 0. The van der Waals surface area contributed by atoms with Crippen LogP contribution < -0.4 is 5.32 Å². The monoisotopic (exact) mass is 226 g/mol. The van der Waals surface area contributed by atoms with Crippen molar-refractivity contribution in [1.82, 2.24) is 10.2 Å². The van der Waals surface area contributed by atoms with Gasteiger partial charge in [0.05, 0.1) is 0 Å². The van der Waals surface area contributed by atoms with Crippen molar-refractivity contribution in [1.29, 1.82) is 0 Å². The lowest BCUT2D eigenvalue weighted by Crippen LogP contribution is -2.45. The summed E-state index contributed by atoms with van der Waals surface area (Å²) in [6.07, 6.45) is 5.63. The molecule has 0 radical (unpaired) electrons. The molecule has 2 nitrogen and oxygen atoms in total. The molecule has 96 valence electrons. The van der Waals surface area contributed by atoms with Crippen LogP contribution in [0, 0.1) is 11.8 Å². The second-order valence-corrected chi connectivity index (χ2v) is 5.99. The van der Waals surface area contributed by atoms with Crippen molar-refractivity contribution >= 4 is 0 Å². The van der Waals surface area contributed by atoms with E-state index in [9.17, 15) is 0 Å². The molecule has 0 amide bonds. The second-order valence-electron chi connectivity index (χ2n) is 5.99. The second kappa shape index (κ2) is 6.61. The van der Waals surface area contributed by atoms with Crippen molar-refractivity contribution in [2.75, 3.05) is 20.6 Å². The van der Waals surface area contributed by atoms with Crippen LogP contribution in [0.5, 0.6) is 0 Å². The van der Waals surface area contributed by atoms with Gasteiger partial charge < -0.3 is 10.2 Å². The predicted molar refractivity (Wildman–Crippen MR) is 71.7 cm³/mol. The zero-order chi connectivity index (χ0) is 12.1. The van der Waals surface area contributed by atoms with E-state index in [0.29, 0.717) is 6.04 Å². The van der Waals surface area contributed by atoms with Crippen LogP contribution in [0.25, 0.3) is 0 Å². The molecular weight excluding hydrogens is 196 g/mol. The van der Waals surface area contributed by atoms with E-state index < -0.39 is 0 Å². The van der Waals surface area contributed by atoms with Gasteiger partial charge in [-0.3, -0.25) is 0 Å². The summed E-state index contributed by atoms with van der Waals surface area (Å²) in [5, 5.41) is 3.44. The highest BCUT2D eigenvalue weighted by atomic mass is 15.2. The van der Waals surface area contributed by atoms with Gasteiger partial charge in [-0.25, -0.2) is 0 Å². The third-order valence-electron chi connectivity index (χ3n) is 4.27. The minimum absolute atomic E-state index is 0.629. The molecule has 1 atom stereocenters. The van der Waals surface area contributed by atoms with Crippen molar-refractivity contribution < 1.29 is 0 Å². The van der Waals surface area contributed by atoms with E-state index in [2.05, 4.69) is 45.1 Å². The van der Waals surface area contributed by atoms with E-state index in [1.165, 1.54) is 32.2 Å². The van der Waals surface area contributed by atoms with Crippen LogP contribution in [0.4, 0.5) is 0 Å². The lowest BCUT2D eigenvalue weighted by atomic mass is 9.86. The van der Waals surface area contributed by atoms with Gasteiger partial charge in [-0.1, -0.05) is 20.8 Å². The molecule has 0 aliphatic heterocycles. The summed E-state index contributed by atoms with van der Waals surface area (Å²) in [6, 6.07) is 1.45. The number of hydrogen-bond donors (Lipinski definition) is 1. The minimum Gasteiger partial charge on any atom is -0.315 e. The van der Waals surface area contributed by atoms with Crippen LogP contribution in [-0.2, 0) is 0 Å². The Hall–Kier alpha value is -0.0800. The quantitative estimate of drug-likeness (QED) is 0.775. The predicted octanol–water partition coefficient (Wildman–Crippen LogP) is 2.74. The van der Waals surface area contributed by atoms with Gasteiger partial charge in [0, 0.05) is 18.6 Å². The molecule has 0 aromatic rings. The van der Waals surface area contributed by atoms with E-state index in [1.54, 1.807) is 0 Å². The maximum Gasteiger partial charge on any atom is 0.0214 e. The van der Waals surface area contributed by atoms with Gasteiger partial charge in [-0.2, -0.15) is 0 Å². The van der Waals surface area contributed by atoms with Crippen LogP contribution in [-0.4, -0.2) is 37.6 Å². The summed E-state index contributed by atoms with van der Waals surface area (Å²) < 4.78 is 0. The van der Waals surface area contributed by atoms with E-state index >= 15 is 0 Å². The fourth-order valence-corrected chi connectivity index (χ4v) is 2.78. The van der Waals surface area contributed by atoms with E-state index in [4.69, 9.17) is 0 Å². The summed E-state index contributed by atoms with van der Waals surface area (Å²) in [5.41, 5.74) is 0. The number of hydrogen-bond acceptors (Lipinski definition) is 2. The van der Waals surface area contributed by atoms with Crippen LogP contribution in [0.1, 0.15) is 46.5 Å². The molecule has 0 spiro atoms. The number of rotatable bonds is 5.